The van der Waals surface area contributed by atoms with Crippen molar-refractivity contribution in [1.29, 1.82) is 0 Å². The molecule has 3 fully saturated rings. The second kappa shape index (κ2) is 6.78. The van der Waals surface area contributed by atoms with Crippen molar-refractivity contribution in [2.75, 3.05) is 47.0 Å². The third-order valence-corrected chi connectivity index (χ3v) is 6.11. The Balaban J connectivity index is 1.40. The van der Waals surface area contributed by atoms with Gasteiger partial charge in [-0.05, 0) is 48.8 Å². The summed E-state index contributed by atoms with van der Waals surface area (Å²) in [5.74, 6) is 3.06. The second-order valence-electron chi connectivity index (χ2n) is 8.19. The normalized spacial score (nSPS) is 26.0. The third kappa shape index (κ3) is 3.50. The van der Waals surface area contributed by atoms with E-state index in [0.29, 0.717) is 18.1 Å². The lowest BCUT2D eigenvalue weighted by molar-refractivity contribution is -0.0364. The zero-order valence-electron chi connectivity index (χ0n) is 15.4. The smallest absolute Gasteiger partial charge is 0.122 e. The molecule has 1 saturated carbocycles. The molecular weight excluding hydrogens is 316 g/mol. The Morgan fingerprint density at radius 3 is 2.32 bits per heavy atom. The van der Waals surface area contributed by atoms with E-state index in [4.69, 9.17) is 9.47 Å². The van der Waals surface area contributed by atoms with Crippen LogP contribution in [0, 0.1) is 11.8 Å². The molecule has 0 unspecified atom stereocenters. The summed E-state index contributed by atoms with van der Waals surface area (Å²) in [6.45, 7) is 5.78. The van der Waals surface area contributed by atoms with Gasteiger partial charge in [0.05, 0.1) is 14.2 Å². The van der Waals surface area contributed by atoms with Crippen LogP contribution in [0.25, 0.3) is 0 Å². The van der Waals surface area contributed by atoms with E-state index in [-0.39, 0.29) is 0 Å². The predicted octanol–water partition coefficient (Wildman–Crippen LogP) is 1.98. The van der Waals surface area contributed by atoms with Gasteiger partial charge in [-0.2, -0.15) is 0 Å². The summed E-state index contributed by atoms with van der Waals surface area (Å²) in [5, 5.41) is 9.63. The van der Waals surface area contributed by atoms with Gasteiger partial charge >= 0.3 is 0 Å². The maximum Gasteiger partial charge on any atom is 0.122 e. The van der Waals surface area contributed by atoms with E-state index in [9.17, 15) is 5.11 Å². The molecule has 1 spiro atoms. The summed E-state index contributed by atoms with van der Waals surface area (Å²) in [7, 11) is 3.39. The first-order valence-electron chi connectivity index (χ1n) is 9.44. The Morgan fingerprint density at radius 1 is 1.08 bits per heavy atom. The molecule has 2 aliphatic heterocycles. The minimum absolute atomic E-state index is 0.305. The molecule has 5 nitrogen and oxygen atoms in total. The van der Waals surface area contributed by atoms with E-state index in [2.05, 4.69) is 21.9 Å². The summed E-state index contributed by atoms with van der Waals surface area (Å²) in [6.07, 6.45) is 3.93. The SMILES string of the molecule is COc1cc(CN2CC3(C[C@H](CO)CN3CC3CC3)C2)cc(OC)c1. The molecule has 1 atom stereocenters. The van der Waals surface area contributed by atoms with Crippen LogP contribution in [0.3, 0.4) is 0 Å². The molecular formula is C20H30N2O3. The zero-order valence-corrected chi connectivity index (χ0v) is 15.4. The first kappa shape index (κ1) is 17.1. The molecule has 1 N–H and O–H groups in total. The maximum absolute atomic E-state index is 9.63. The number of hydrogen-bond acceptors (Lipinski definition) is 5. The number of benzene rings is 1. The van der Waals surface area contributed by atoms with Gasteiger partial charge in [0.2, 0.25) is 0 Å². The van der Waals surface area contributed by atoms with Crippen molar-refractivity contribution in [3.8, 4) is 11.5 Å². The van der Waals surface area contributed by atoms with Crippen molar-refractivity contribution in [1.82, 2.24) is 9.80 Å². The van der Waals surface area contributed by atoms with Gasteiger partial charge in [0.25, 0.3) is 0 Å². The summed E-state index contributed by atoms with van der Waals surface area (Å²) in [4.78, 5) is 5.20. The van der Waals surface area contributed by atoms with Crippen molar-refractivity contribution >= 4 is 0 Å². The molecule has 0 amide bonds. The number of methoxy groups -OCH3 is 2. The van der Waals surface area contributed by atoms with Crippen LogP contribution in [-0.2, 0) is 6.54 Å². The van der Waals surface area contributed by atoms with Crippen LogP contribution in [0.15, 0.2) is 18.2 Å². The fourth-order valence-corrected chi connectivity index (χ4v) is 4.68. The number of rotatable bonds is 7. The van der Waals surface area contributed by atoms with Crippen LogP contribution in [0.5, 0.6) is 11.5 Å². The van der Waals surface area contributed by atoms with E-state index in [1.807, 2.05) is 6.07 Å². The Kier molecular flexibility index (Phi) is 4.65. The molecule has 1 aromatic carbocycles. The molecule has 0 radical (unpaired) electrons. The summed E-state index contributed by atoms with van der Waals surface area (Å²) < 4.78 is 10.8. The van der Waals surface area contributed by atoms with Crippen molar-refractivity contribution < 1.29 is 14.6 Å². The highest BCUT2D eigenvalue weighted by Gasteiger charge is 2.53. The van der Waals surface area contributed by atoms with E-state index in [0.717, 1.165) is 50.0 Å². The van der Waals surface area contributed by atoms with Gasteiger partial charge in [0, 0.05) is 50.9 Å². The van der Waals surface area contributed by atoms with Crippen molar-refractivity contribution in [3.05, 3.63) is 23.8 Å². The molecule has 25 heavy (non-hydrogen) atoms. The fraction of sp³-hybridized carbons (Fsp3) is 0.700. The van der Waals surface area contributed by atoms with Crippen LogP contribution >= 0.6 is 0 Å². The fourth-order valence-electron chi connectivity index (χ4n) is 4.68. The van der Waals surface area contributed by atoms with Gasteiger partial charge in [-0.3, -0.25) is 9.80 Å². The molecule has 5 heteroatoms. The number of aliphatic hydroxyl groups is 1. The van der Waals surface area contributed by atoms with Gasteiger partial charge in [0.15, 0.2) is 0 Å². The monoisotopic (exact) mass is 346 g/mol. The molecule has 3 aliphatic rings. The van der Waals surface area contributed by atoms with E-state index in [1.54, 1.807) is 14.2 Å². The van der Waals surface area contributed by atoms with Crippen LogP contribution in [0.4, 0.5) is 0 Å². The number of hydrogen-bond donors (Lipinski definition) is 1. The standard InChI is InChI=1S/C20H30N2O3/c1-24-18-5-16(6-19(7-18)25-2)9-21-13-20(14-21)8-17(12-23)11-22(20)10-15-3-4-15/h5-7,15,17,23H,3-4,8-14H2,1-2H3/t17-/m0/s1. The summed E-state index contributed by atoms with van der Waals surface area (Å²) in [5.41, 5.74) is 1.54. The number of likely N-dealkylation sites (tertiary alicyclic amines) is 2. The van der Waals surface area contributed by atoms with Crippen LogP contribution < -0.4 is 9.47 Å². The minimum atomic E-state index is 0.305. The molecule has 138 valence electrons. The quantitative estimate of drug-likeness (QED) is 0.818. The molecule has 4 rings (SSSR count). The van der Waals surface area contributed by atoms with Gasteiger partial charge in [-0.15, -0.1) is 0 Å². The zero-order chi connectivity index (χ0) is 17.4. The lowest BCUT2D eigenvalue weighted by Gasteiger charge is -2.53. The molecule has 1 aromatic rings. The van der Waals surface area contributed by atoms with Gasteiger partial charge in [-0.25, -0.2) is 0 Å². The van der Waals surface area contributed by atoms with E-state index >= 15 is 0 Å². The molecule has 2 heterocycles. The largest absolute Gasteiger partial charge is 0.497 e. The lowest BCUT2D eigenvalue weighted by atomic mass is 9.84. The Morgan fingerprint density at radius 2 is 1.76 bits per heavy atom. The first-order valence-corrected chi connectivity index (χ1v) is 9.44. The Labute approximate surface area is 150 Å². The van der Waals surface area contributed by atoms with Gasteiger partial charge in [0.1, 0.15) is 11.5 Å². The summed E-state index contributed by atoms with van der Waals surface area (Å²) >= 11 is 0. The average Bonchev–Trinajstić information content (AvgIpc) is 3.34. The molecule has 2 saturated heterocycles. The highest BCUT2D eigenvalue weighted by Crippen LogP contribution is 2.43. The van der Waals surface area contributed by atoms with Gasteiger partial charge in [-0.1, -0.05) is 0 Å². The molecule has 1 aliphatic carbocycles. The summed E-state index contributed by atoms with van der Waals surface area (Å²) in [6, 6.07) is 6.11. The van der Waals surface area contributed by atoms with Crippen molar-refractivity contribution in [2.45, 2.75) is 31.3 Å². The highest BCUT2D eigenvalue weighted by atomic mass is 16.5. The first-order chi connectivity index (χ1) is 12.1. The third-order valence-electron chi connectivity index (χ3n) is 6.11. The number of nitrogens with zero attached hydrogens (tertiary/aromatic N) is 2. The molecule has 0 aromatic heterocycles. The minimum Gasteiger partial charge on any atom is -0.497 e. The molecule has 0 bridgehead atoms. The van der Waals surface area contributed by atoms with Crippen molar-refractivity contribution in [2.24, 2.45) is 11.8 Å². The average molecular weight is 346 g/mol. The second-order valence-corrected chi connectivity index (χ2v) is 8.19. The van der Waals surface area contributed by atoms with E-state index < -0.39 is 0 Å². The number of ether oxygens (including phenoxy) is 2. The predicted molar refractivity (Wildman–Crippen MR) is 97.0 cm³/mol. The lowest BCUT2D eigenvalue weighted by Crippen LogP contribution is -2.67. The van der Waals surface area contributed by atoms with Crippen molar-refractivity contribution in [3.63, 3.8) is 0 Å². The Bertz CT molecular complexity index is 589. The highest BCUT2D eigenvalue weighted by molar-refractivity contribution is 5.38. The van der Waals surface area contributed by atoms with Gasteiger partial charge < -0.3 is 14.6 Å². The van der Waals surface area contributed by atoms with Crippen LogP contribution in [-0.4, -0.2) is 67.5 Å². The Hall–Kier alpha value is -1.30. The topological polar surface area (TPSA) is 45.2 Å². The maximum atomic E-state index is 9.63. The van der Waals surface area contributed by atoms with Crippen LogP contribution in [0.2, 0.25) is 0 Å². The van der Waals surface area contributed by atoms with Crippen LogP contribution in [0.1, 0.15) is 24.8 Å². The van der Waals surface area contributed by atoms with E-state index in [1.165, 1.54) is 24.9 Å². The number of aliphatic hydroxyl groups excluding tert-OH is 1.